The largest absolute Gasteiger partial charge is 0.262 e. The van der Waals surface area contributed by atoms with Gasteiger partial charge in [-0.3, -0.25) is 10.4 Å². The standard InChI is InChI=1S/C14H13N3S2/c1-19-14(18)17-16-13(11-7-3-2-4-8-11)12-9-5-6-10-15-12/h2-10H,1H3,(H,17,18). The molecule has 0 atom stereocenters. The molecular formula is C14H13N3S2. The van der Waals surface area contributed by atoms with Gasteiger partial charge in [0.15, 0.2) is 4.32 Å². The van der Waals surface area contributed by atoms with E-state index in [0.717, 1.165) is 17.0 Å². The highest BCUT2D eigenvalue weighted by atomic mass is 32.2. The average Bonchev–Trinajstić information content (AvgIpc) is 2.49. The van der Waals surface area contributed by atoms with E-state index >= 15 is 0 Å². The topological polar surface area (TPSA) is 37.3 Å². The van der Waals surface area contributed by atoms with Crippen LogP contribution in [0.5, 0.6) is 0 Å². The van der Waals surface area contributed by atoms with E-state index in [1.54, 1.807) is 6.20 Å². The first-order valence-electron chi connectivity index (χ1n) is 5.69. The molecule has 2 aromatic rings. The first kappa shape index (κ1) is 13.7. The first-order valence-corrected chi connectivity index (χ1v) is 7.33. The van der Waals surface area contributed by atoms with Gasteiger partial charge in [0, 0.05) is 11.8 Å². The van der Waals surface area contributed by atoms with Crippen molar-refractivity contribution in [1.82, 2.24) is 10.4 Å². The Bertz CT molecular complexity index is 526. The summed E-state index contributed by atoms with van der Waals surface area (Å²) in [7, 11) is 0. The van der Waals surface area contributed by atoms with Crippen molar-refractivity contribution in [2.24, 2.45) is 5.10 Å². The van der Waals surface area contributed by atoms with Crippen molar-refractivity contribution in [2.45, 2.75) is 0 Å². The van der Waals surface area contributed by atoms with Gasteiger partial charge in [-0.25, -0.2) is 0 Å². The normalized spacial score (nSPS) is 11.1. The monoisotopic (exact) mass is 287 g/mol. The predicted molar refractivity (Wildman–Crippen MR) is 85.6 cm³/mol. The minimum absolute atomic E-state index is 0.629. The van der Waals surface area contributed by atoms with Crippen LogP contribution in [-0.2, 0) is 0 Å². The van der Waals surface area contributed by atoms with Gasteiger partial charge >= 0.3 is 0 Å². The summed E-state index contributed by atoms with van der Waals surface area (Å²) in [5, 5.41) is 4.38. The highest BCUT2D eigenvalue weighted by Crippen LogP contribution is 2.08. The smallest absolute Gasteiger partial charge is 0.153 e. The molecule has 0 bridgehead atoms. The second kappa shape index (κ2) is 7.01. The van der Waals surface area contributed by atoms with Crippen LogP contribution >= 0.6 is 24.0 Å². The number of hydrazone groups is 1. The Morgan fingerprint density at radius 3 is 2.53 bits per heavy atom. The molecule has 2 rings (SSSR count). The molecule has 5 heteroatoms. The third-order valence-corrected chi connectivity index (χ3v) is 3.45. The molecule has 0 unspecified atom stereocenters. The van der Waals surface area contributed by atoms with E-state index in [9.17, 15) is 0 Å². The van der Waals surface area contributed by atoms with Crippen molar-refractivity contribution in [3.8, 4) is 0 Å². The molecule has 0 aliphatic heterocycles. The number of pyridine rings is 1. The highest BCUT2D eigenvalue weighted by Gasteiger charge is 2.07. The summed E-state index contributed by atoms with van der Waals surface area (Å²) in [5.74, 6) is 0. The van der Waals surface area contributed by atoms with E-state index in [1.807, 2.05) is 54.8 Å². The molecule has 0 fully saturated rings. The van der Waals surface area contributed by atoms with Gasteiger partial charge in [0.25, 0.3) is 0 Å². The number of nitrogens with one attached hydrogen (secondary N) is 1. The molecule has 0 aliphatic rings. The van der Waals surface area contributed by atoms with Crippen LogP contribution < -0.4 is 5.43 Å². The number of nitrogens with zero attached hydrogens (tertiary/aromatic N) is 2. The van der Waals surface area contributed by atoms with Crippen LogP contribution in [0.3, 0.4) is 0 Å². The summed E-state index contributed by atoms with van der Waals surface area (Å²) in [6.45, 7) is 0. The lowest BCUT2D eigenvalue weighted by Gasteiger charge is -2.07. The Balaban J connectivity index is 2.37. The summed E-state index contributed by atoms with van der Waals surface area (Å²) >= 11 is 6.55. The fraction of sp³-hybridized carbons (Fsp3) is 0.0714. The zero-order valence-electron chi connectivity index (χ0n) is 10.4. The molecule has 0 spiro atoms. The molecule has 0 aliphatic carbocycles. The summed E-state index contributed by atoms with van der Waals surface area (Å²) in [5.41, 5.74) is 5.46. The maximum Gasteiger partial charge on any atom is 0.153 e. The molecule has 0 saturated carbocycles. The van der Waals surface area contributed by atoms with Gasteiger partial charge in [0.1, 0.15) is 5.71 Å². The zero-order valence-corrected chi connectivity index (χ0v) is 12.0. The molecular weight excluding hydrogens is 274 g/mol. The van der Waals surface area contributed by atoms with Gasteiger partial charge in [-0.05, 0) is 18.4 Å². The fourth-order valence-corrected chi connectivity index (χ4v) is 1.70. The van der Waals surface area contributed by atoms with E-state index < -0.39 is 0 Å². The van der Waals surface area contributed by atoms with Crippen LogP contribution in [0, 0.1) is 0 Å². The van der Waals surface area contributed by atoms with Crippen molar-refractivity contribution >= 4 is 34.0 Å². The van der Waals surface area contributed by atoms with Gasteiger partial charge in [-0.1, -0.05) is 60.4 Å². The number of thiocarbonyl (C=S) groups is 1. The maximum absolute atomic E-state index is 5.10. The van der Waals surface area contributed by atoms with Gasteiger partial charge in [-0.2, -0.15) is 5.10 Å². The Morgan fingerprint density at radius 1 is 1.16 bits per heavy atom. The van der Waals surface area contributed by atoms with E-state index in [1.165, 1.54) is 11.8 Å². The third kappa shape index (κ3) is 3.87. The number of hydrogen-bond donors (Lipinski definition) is 1. The Morgan fingerprint density at radius 2 is 1.89 bits per heavy atom. The Labute approximate surface area is 122 Å². The lowest BCUT2D eigenvalue weighted by molar-refractivity contribution is 1.06. The van der Waals surface area contributed by atoms with E-state index in [4.69, 9.17) is 12.2 Å². The van der Waals surface area contributed by atoms with Crippen LogP contribution in [-0.4, -0.2) is 21.3 Å². The Hall–Kier alpha value is -1.72. The molecule has 1 aromatic heterocycles. The van der Waals surface area contributed by atoms with Crippen LogP contribution in [0.15, 0.2) is 59.8 Å². The van der Waals surface area contributed by atoms with E-state index in [-0.39, 0.29) is 0 Å². The lowest BCUT2D eigenvalue weighted by Crippen LogP contribution is -2.16. The molecule has 19 heavy (non-hydrogen) atoms. The van der Waals surface area contributed by atoms with Gasteiger partial charge in [0.05, 0.1) is 5.69 Å². The molecule has 0 amide bonds. The average molecular weight is 287 g/mol. The minimum Gasteiger partial charge on any atom is -0.262 e. The van der Waals surface area contributed by atoms with Gasteiger partial charge < -0.3 is 0 Å². The van der Waals surface area contributed by atoms with Gasteiger partial charge in [-0.15, -0.1) is 0 Å². The number of thioether (sulfide) groups is 1. The predicted octanol–water partition coefficient (Wildman–Crippen LogP) is 3.07. The molecule has 0 saturated heterocycles. The van der Waals surface area contributed by atoms with Gasteiger partial charge in [0.2, 0.25) is 0 Å². The van der Waals surface area contributed by atoms with Crippen molar-refractivity contribution in [3.05, 3.63) is 66.0 Å². The number of aromatic nitrogens is 1. The van der Waals surface area contributed by atoms with Crippen molar-refractivity contribution < 1.29 is 0 Å². The lowest BCUT2D eigenvalue weighted by atomic mass is 10.1. The summed E-state index contributed by atoms with van der Waals surface area (Å²) in [6, 6.07) is 15.7. The zero-order chi connectivity index (χ0) is 13.5. The van der Waals surface area contributed by atoms with E-state index in [0.29, 0.717) is 4.32 Å². The van der Waals surface area contributed by atoms with Crippen molar-refractivity contribution in [1.29, 1.82) is 0 Å². The summed E-state index contributed by atoms with van der Waals surface area (Å²) in [4.78, 5) is 4.34. The molecule has 0 radical (unpaired) electrons. The quantitative estimate of drug-likeness (QED) is 0.535. The number of benzene rings is 1. The minimum atomic E-state index is 0.629. The van der Waals surface area contributed by atoms with Crippen molar-refractivity contribution in [2.75, 3.05) is 6.26 Å². The van der Waals surface area contributed by atoms with Crippen LogP contribution in [0.4, 0.5) is 0 Å². The number of hydrogen-bond acceptors (Lipinski definition) is 4. The molecule has 1 N–H and O–H groups in total. The molecule has 96 valence electrons. The van der Waals surface area contributed by atoms with E-state index in [2.05, 4.69) is 15.5 Å². The maximum atomic E-state index is 5.10. The Kier molecular flexibility index (Phi) is 5.06. The highest BCUT2D eigenvalue weighted by molar-refractivity contribution is 8.22. The SMILES string of the molecule is CSC(=S)NN=C(c1ccccc1)c1ccccn1. The molecule has 3 nitrogen and oxygen atoms in total. The molecule has 1 aromatic carbocycles. The van der Waals surface area contributed by atoms with Crippen LogP contribution in [0.1, 0.15) is 11.3 Å². The fourth-order valence-electron chi connectivity index (χ4n) is 1.52. The van der Waals surface area contributed by atoms with Crippen molar-refractivity contribution in [3.63, 3.8) is 0 Å². The molecule has 1 heterocycles. The summed E-state index contributed by atoms with van der Waals surface area (Å²) < 4.78 is 0.629. The van der Waals surface area contributed by atoms with Crippen LogP contribution in [0.2, 0.25) is 0 Å². The first-order chi connectivity index (χ1) is 9.31. The summed E-state index contributed by atoms with van der Waals surface area (Å²) in [6.07, 6.45) is 3.66. The van der Waals surface area contributed by atoms with Crippen LogP contribution in [0.25, 0.3) is 0 Å². The number of rotatable bonds is 3. The third-order valence-electron chi connectivity index (χ3n) is 2.40. The second-order valence-electron chi connectivity index (χ2n) is 3.64. The second-order valence-corrected chi connectivity index (χ2v) is 5.13.